The molecule has 0 aliphatic carbocycles. The Morgan fingerprint density at radius 1 is 1.25 bits per heavy atom. The van der Waals surface area contributed by atoms with Crippen molar-refractivity contribution in [2.24, 2.45) is 0 Å². The second-order valence-corrected chi connectivity index (χ2v) is 7.90. The minimum absolute atomic E-state index is 0.197. The second kappa shape index (κ2) is 8.76. The molecule has 1 aliphatic heterocycles. The van der Waals surface area contributed by atoms with E-state index in [1.54, 1.807) is 25.3 Å². The van der Waals surface area contributed by atoms with E-state index in [1.807, 2.05) is 38.5 Å². The van der Waals surface area contributed by atoms with Crippen LogP contribution >= 0.6 is 0 Å². The van der Waals surface area contributed by atoms with Crippen molar-refractivity contribution in [1.29, 1.82) is 0 Å². The molecule has 0 unspecified atom stereocenters. The largest absolute Gasteiger partial charge is 0.497 e. The topological polar surface area (TPSA) is 93.0 Å². The van der Waals surface area contributed by atoms with Gasteiger partial charge >= 0.3 is 6.09 Å². The molecule has 0 atom stereocenters. The van der Waals surface area contributed by atoms with Crippen molar-refractivity contribution >= 4 is 34.5 Å². The molecule has 8 heteroatoms. The predicted molar refractivity (Wildman–Crippen MR) is 123 cm³/mol. The molecule has 0 spiro atoms. The minimum Gasteiger partial charge on any atom is -0.497 e. The first-order valence-corrected chi connectivity index (χ1v) is 10.3. The summed E-state index contributed by atoms with van der Waals surface area (Å²) < 4.78 is 13.4. The lowest BCUT2D eigenvalue weighted by atomic mass is 10.1. The van der Waals surface area contributed by atoms with Gasteiger partial charge < -0.3 is 24.0 Å². The third-order valence-corrected chi connectivity index (χ3v) is 5.33. The first kappa shape index (κ1) is 21.5. The Labute approximate surface area is 185 Å². The maximum absolute atomic E-state index is 12.9. The van der Waals surface area contributed by atoms with Gasteiger partial charge in [0.15, 0.2) is 5.76 Å². The number of rotatable bonds is 7. The van der Waals surface area contributed by atoms with Gasteiger partial charge in [-0.15, -0.1) is 0 Å². The highest BCUT2D eigenvalue weighted by Gasteiger charge is 2.28. The third-order valence-electron chi connectivity index (χ3n) is 5.33. The number of amides is 1. The number of carbonyl (C=O) groups excluding carboxylic acids is 1. The molecule has 0 radical (unpaired) electrons. The van der Waals surface area contributed by atoms with Crippen LogP contribution < -0.4 is 14.8 Å². The van der Waals surface area contributed by atoms with E-state index in [1.165, 1.54) is 6.07 Å². The molecule has 1 aromatic heterocycles. The summed E-state index contributed by atoms with van der Waals surface area (Å²) in [4.78, 5) is 25.9. The number of aromatic nitrogens is 1. The van der Waals surface area contributed by atoms with Gasteiger partial charge in [0.1, 0.15) is 11.5 Å². The van der Waals surface area contributed by atoms with Crippen molar-refractivity contribution in [2.45, 2.75) is 13.0 Å². The molecule has 0 fully saturated rings. The van der Waals surface area contributed by atoms with E-state index in [4.69, 9.17) is 14.6 Å². The summed E-state index contributed by atoms with van der Waals surface area (Å²) in [6.45, 7) is 1.80. The van der Waals surface area contributed by atoms with Crippen molar-refractivity contribution in [3.63, 3.8) is 0 Å². The fourth-order valence-corrected chi connectivity index (χ4v) is 3.82. The number of ether oxygens (including phenoxy) is 2. The lowest BCUT2D eigenvalue weighted by Crippen LogP contribution is -2.14. The normalized spacial score (nSPS) is 14.1. The molecule has 0 saturated heterocycles. The highest BCUT2D eigenvalue weighted by Crippen LogP contribution is 2.35. The standard InChI is InChI=1S/C24H25N3O5/c1-26(2)9-4-10-27-14-15(19-13-17(31-3)6-8-20(19)27)11-22-23(28)18-7-5-16(25-24(29)30)12-21(18)32-22/h5-8,11-14,25H,4,9-10H2,1-3H3,(H,29,30). The molecule has 166 valence electrons. The van der Waals surface area contributed by atoms with Crippen LogP contribution in [0.1, 0.15) is 22.3 Å². The Balaban J connectivity index is 1.69. The van der Waals surface area contributed by atoms with Gasteiger partial charge in [-0.2, -0.15) is 0 Å². The van der Waals surface area contributed by atoms with Gasteiger partial charge in [0.05, 0.1) is 12.7 Å². The molecule has 1 aliphatic rings. The summed E-state index contributed by atoms with van der Waals surface area (Å²) in [6.07, 6.45) is 3.56. The number of fused-ring (bicyclic) bond motifs is 2. The van der Waals surface area contributed by atoms with E-state index in [2.05, 4.69) is 14.8 Å². The molecule has 1 amide bonds. The van der Waals surface area contributed by atoms with Crippen LogP contribution in [0.5, 0.6) is 11.5 Å². The Morgan fingerprint density at radius 2 is 2.06 bits per heavy atom. The van der Waals surface area contributed by atoms with E-state index >= 15 is 0 Å². The van der Waals surface area contributed by atoms with E-state index < -0.39 is 6.09 Å². The number of hydrogen-bond donors (Lipinski definition) is 2. The minimum atomic E-state index is -1.18. The fourth-order valence-electron chi connectivity index (χ4n) is 3.82. The number of nitrogens with zero attached hydrogens (tertiary/aromatic N) is 2. The van der Waals surface area contributed by atoms with Gasteiger partial charge in [-0.25, -0.2) is 4.79 Å². The SMILES string of the molecule is COc1ccc2c(c1)c(C=C1Oc3cc(NC(=O)O)ccc3C1=O)cn2CCCN(C)C. The van der Waals surface area contributed by atoms with Gasteiger partial charge in [-0.05, 0) is 63.5 Å². The number of Topliss-reactive ketones (excluding diaryl/α,β-unsaturated/α-hetero) is 1. The lowest BCUT2D eigenvalue weighted by molar-refractivity contribution is 0.101. The number of carbonyl (C=O) groups is 2. The number of nitrogens with one attached hydrogen (secondary N) is 1. The Kier molecular flexibility index (Phi) is 5.87. The predicted octanol–water partition coefficient (Wildman–Crippen LogP) is 4.31. The maximum Gasteiger partial charge on any atom is 0.409 e. The van der Waals surface area contributed by atoms with Crippen LogP contribution in [0.3, 0.4) is 0 Å². The van der Waals surface area contributed by atoms with Crippen molar-refractivity contribution < 1.29 is 24.2 Å². The third kappa shape index (κ3) is 4.31. The van der Waals surface area contributed by atoms with E-state index in [-0.39, 0.29) is 11.5 Å². The van der Waals surface area contributed by atoms with Crippen LogP contribution in [0.25, 0.3) is 17.0 Å². The average Bonchev–Trinajstić information content (AvgIpc) is 3.24. The highest BCUT2D eigenvalue weighted by molar-refractivity contribution is 6.15. The summed E-state index contributed by atoms with van der Waals surface area (Å²) >= 11 is 0. The summed E-state index contributed by atoms with van der Waals surface area (Å²) in [7, 11) is 5.72. The van der Waals surface area contributed by atoms with Gasteiger partial charge in [0, 0.05) is 41.0 Å². The van der Waals surface area contributed by atoms with Crippen LogP contribution in [0.15, 0.2) is 48.4 Å². The van der Waals surface area contributed by atoms with Crippen molar-refractivity contribution in [3.8, 4) is 11.5 Å². The zero-order valence-corrected chi connectivity index (χ0v) is 18.2. The van der Waals surface area contributed by atoms with Crippen molar-refractivity contribution in [3.05, 3.63) is 59.5 Å². The average molecular weight is 435 g/mol. The molecule has 0 saturated carbocycles. The number of allylic oxidation sites excluding steroid dienone is 1. The van der Waals surface area contributed by atoms with Crippen LogP contribution in [-0.4, -0.2) is 54.2 Å². The van der Waals surface area contributed by atoms with Crippen LogP contribution in [0, 0.1) is 0 Å². The monoisotopic (exact) mass is 435 g/mol. The summed E-state index contributed by atoms with van der Waals surface area (Å²) in [5.41, 5.74) is 2.64. The molecule has 32 heavy (non-hydrogen) atoms. The van der Waals surface area contributed by atoms with Gasteiger partial charge in [-0.3, -0.25) is 10.1 Å². The van der Waals surface area contributed by atoms with E-state index in [0.29, 0.717) is 17.0 Å². The Bertz CT molecular complexity index is 1230. The van der Waals surface area contributed by atoms with Crippen LogP contribution in [0.2, 0.25) is 0 Å². The van der Waals surface area contributed by atoms with Gasteiger partial charge in [0.2, 0.25) is 5.78 Å². The first-order valence-electron chi connectivity index (χ1n) is 10.3. The Morgan fingerprint density at radius 3 is 2.78 bits per heavy atom. The summed E-state index contributed by atoms with van der Waals surface area (Å²) in [6, 6.07) is 10.5. The second-order valence-electron chi connectivity index (χ2n) is 7.90. The van der Waals surface area contributed by atoms with Crippen molar-refractivity contribution in [1.82, 2.24) is 9.47 Å². The van der Waals surface area contributed by atoms with Crippen molar-refractivity contribution in [2.75, 3.05) is 33.1 Å². The van der Waals surface area contributed by atoms with Gasteiger partial charge in [-0.1, -0.05) is 0 Å². The fraction of sp³-hybridized carbons (Fsp3) is 0.250. The lowest BCUT2D eigenvalue weighted by Gasteiger charge is -2.10. The number of ketones is 1. The molecule has 8 nitrogen and oxygen atoms in total. The molecular weight excluding hydrogens is 410 g/mol. The number of aryl methyl sites for hydroxylation is 1. The molecule has 0 bridgehead atoms. The number of hydrogen-bond acceptors (Lipinski definition) is 5. The molecule has 4 rings (SSSR count). The summed E-state index contributed by atoms with van der Waals surface area (Å²) in [5, 5.41) is 12.1. The summed E-state index contributed by atoms with van der Waals surface area (Å²) in [5.74, 6) is 1.02. The first-order chi connectivity index (χ1) is 15.4. The molecule has 3 aromatic rings. The molecular formula is C24H25N3O5. The van der Waals surface area contributed by atoms with Crippen LogP contribution in [0.4, 0.5) is 10.5 Å². The highest BCUT2D eigenvalue weighted by atomic mass is 16.5. The quantitative estimate of drug-likeness (QED) is 0.538. The molecule has 2 aromatic carbocycles. The number of benzene rings is 2. The van der Waals surface area contributed by atoms with E-state index in [0.717, 1.165) is 41.7 Å². The molecule has 2 heterocycles. The number of methoxy groups -OCH3 is 1. The van der Waals surface area contributed by atoms with E-state index in [9.17, 15) is 9.59 Å². The number of anilines is 1. The zero-order chi connectivity index (χ0) is 22.8. The zero-order valence-electron chi connectivity index (χ0n) is 18.2. The smallest absolute Gasteiger partial charge is 0.409 e. The molecule has 2 N–H and O–H groups in total. The number of carboxylic acid groups (broad SMARTS) is 1. The maximum atomic E-state index is 12.9. The van der Waals surface area contributed by atoms with Gasteiger partial charge in [0.25, 0.3) is 0 Å². The Hall–Kier alpha value is -3.78. The van der Waals surface area contributed by atoms with Crippen LogP contribution in [-0.2, 0) is 6.54 Å².